The van der Waals surface area contributed by atoms with Crippen molar-refractivity contribution >= 4 is 5.82 Å². The van der Waals surface area contributed by atoms with E-state index in [1.165, 1.54) is 5.56 Å². The van der Waals surface area contributed by atoms with Gasteiger partial charge in [-0.2, -0.15) is 0 Å². The molecular formula is C14H18N4. The molecule has 1 heterocycles. The zero-order valence-electron chi connectivity index (χ0n) is 10.4. The van der Waals surface area contributed by atoms with Crippen LogP contribution in [-0.2, 0) is 6.42 Å². The molecule has 0 saturated carbocycles. The quantitative estimate of drug-likeness (QED) is 0.563. The summed E-state index contributed by atoms with van der Waals surface area (Å²) in [4.78, 5) is 4.17. The summed E-state index contributed by atoms with van der Waals surface area (Å²) < 4.78 is 0. The summed E-state index contributed by atoms with van der Waals surface area (Å²) >= 11 is 0. The van der Waals surface area contributed by atoms with Crippen molar-refractivity contribution in [2.24, 2.45) is 5.84 Å². The van der Waals surface area contributed by atoms with E-state index in [4.69, 9.17) is 11.6 Å². The Morgan fingerprint density at radius 3 is 2.67 bits per heavy atom. The van der Waals surface area contributed by atoms with Gasteiger partial charge >= 0.3 is 0 Å². The fourth-order valence-corrected chi connectivity index (χ4v) is 1.99. The molecule has 18 heavy (non-hydrogen) atoms. The maximum absolute atomic E-state index is 5.91. The van der Waals surface area contributed by atoms with Gasteiger partial charge in [0.1, 0.15) is 5.82 Å². The molecule has 94 valence electrons. The number of nitrogens with zero attached hydrogens (tertiary/aromatic N) is 1. The Morgan fingerprint density at radius 1 is 1.28 bits per heavy atom. The number of rotatable bonds is 4. The molecule has 0 radical (unpaired) electrons. The van der Waals surface area contributed by atoms with Gasteiger partial charge in [-0.3, -0.25) is 11.3 Å². The first-order valence-corrected chi connectivity index (χ1v) is 5.93. The molecule has 4 heteroatoms. The Balaban J connectivity index is 2.26. The third-order valence-electron chi connectivity index (χ3n) is 2.95. The maximum Gasteiger partial charge on any atom is 0.128 e. The van der Waals surface area contributed by atoms with Crippen LogP contribution < -0.4 is 17.0 Å². The Labute approximate surface area is 107 Å². The van der Waals surface area contributed by atoms with Gasteiger partial charge in [-0.05, 0) is 30.5 Å². The Kier molecular flexibility index (Phi) is 3.92. The number of benzene rings is 1. The van der Waals surface area contributed by atoms with Gasteiger partial charge in [0.2, 0.25) is 0 Å². The van der Waals surface area contributed by atoms with E-state index < -0.39 is 0 Å². The molecule has 5 N–H and O–H groups in total. The molecule has 2 rings (SSSR count). The number of nitrogens with two attached hydrogens (primary N) is 2. The number of hydrazine groups is 1. The van der Waals surface area contributed by atoms with Crippen molar-refractivity contribution in [3.8, 4) is 0 Å². The zero-order chi connectivity index (χ0) is 13.0. The molecule has 0 aliphatic carbocycles. The van der Waals surface area contributed by atoms with E-state index in [9.17, 15) is 0 Å². The lowest BCUT2D eigenvalue weighted by molar-refractivity contribution is 0.552. The molecule has 0 aliphatic rings. The van der Waals surface area contributed by atoms with Gasteiger partial charge in [0.25, 0.3) is 0 Å². The van der Waals surface area contributed by atoms with E-state index in [2.05, 4.69) is 22.5 Å². The monoisotopic (exact) mass is 242 g/mol. The van der Waals surface area contributed by atoms with Crippen molar-refractivity contribution in [3.05, 3.63) is 59.3 Å². The Morgan fingerprint density at radius 2 is 2.00 bits per heavy atom. The molecule has 1 aromatic heterocycles. The van der Waals surface area contributed by atoms with Crippen LogP contribution in [0.5, 0.6) is 0 Å². The lowest BCUT2D eigenvalue weighted by atomic mass is 9.99. The first-order chi connectivity index (χ1) is 8.70. The predicted octanol–water partition coefficient (Wildman–Crippen LogP) is 1.72. The third kappa shape index (κ3) is 2.85. The van der Waals surface area contributed by atoms with Crippen molar-refractivity contribution in [3.63, 3.8) is 0 Å². The molecule has 4 nitrogen and oxygen atoms in total. The Bertz CT molecular complexity index is 510. The molecule has 1 unspecified atom stereocenters. The van der Waals surface area contributed by atoms with Gasteiger partial charge in [0.15, 0.2) is 0 Å². The number of nitrogen functional groups attached to an aromatic ring is 1. The van der Waals surface area contributed by atoms with Crippen LogP contribution >= 0.6 is 0 Å². The molecular weight excluding hydrogens is 224 g/mol. The van der Waals surface area contributed by atoms with Crippen LogP contribution in [0.25, 0.3) is 0 Å². The fourth-order valence-electron chi connectivity index (χ4n) is 1.99. The summed E-state index contributed by atoms with van der Waals surface area (Å²) in [7, 11) is 0. The summed E-state index contributed by atoms with van der Waals surface area (Å²) in [5.41, 5.74) is 12.0. The van der Waals surface area contributed by atoms with Gasteiger partial charge in [-0.1, -0.05) is 30.3 Å². The highest BCUT2D eigenvalue weighted by molar-refractivity contribution is 5.43. The number of hydrogen-bond acceptors (Lipinski definition) is 4. The normalized spacial score (nSPS) is 12.3. The molecule has 0 spiro atoms. The number of pyridine rings is 1. The summed E-state index contributed by atoms with van der Waals surface area (Å²) in [6.45, 7) is 1.99. The highest BCUT2D eigenvalue weighted by atomic mass is 15.2. The highest BCUT2D eigenvalue weighted by Crippen LogP contribution is 2.22. The second-order valence-electron chi connectivity index (χ2n) is 4.40. The van der Waals surface area contributed by atoms with Crippen LogP contribution in [-0.4, -0.2) is 4.98 Å². The van der Waals surface area contributed by atoms with Crippen LogP contribution in [0, 0.1) is 6.92 Å². The number of aromatic nitrogens is 1. The van der Waals surface area contributed by atoms with Crippen molar-refractivity contribution in [1.29, 1.82) is 0 Å². The summed E-state index contributed by atoms with van der Waals surface area (Å²) in [6.07, 6.45) is 2.54. The molecule has 1 atom stereocenters. The number of anilines is 1. The van der Waals surface area contributed by atoms with E-state index in [1.54, 1.807) is 6.20 Å². The second-order valence-corrected chi connectivity index (χ2v) is 4.40. The van der Waals surface area contributed by atoms with E-state index in [0.717, 1.165) is 17.5 Å². The van der Waals surface area contributed by atoms with Crippen molar-refractivity contribution in [2.45, 2.75) is 19.4 Å². The molecule has 0 amide bonds. The average molecular weight is 242 g/mol. The average Bonchev–Trinajstić information content (AvgIpc) is 2.40. The molecule has 0 fully saturated rings. The van der Waals surface area contributed by atoms with Crippen molar-refractivity contribution in [2.75, 3.05) is 5.73 Å². The second kappa shape index (κ2) is 5.62. The van der Waals surface area contributed by atoms with Crippen LogP contribution in [0.2, 0.25) is 0 Å². The first kappa shape index (κ1) is 12.5. The van der Waals surface area contributed by atoms with Gasteiger partial charge in [0, 0.05) is 11.8 Å². The predicted molar refractivity (Wildman–Crippen MR) is 73.6 cm³/mol. The van der Waals surface area contributed by atoms with Gasteiger partial charge < -0.3 is 5.73 Å². The lowest BCUT2D eigenvalue weighted by Crippen LogP contribution is -2.30. The number of nitrogens with one attached hydrogen (secondary N) is 1. The number of hydrogen-bond donors (Lipinski definition) is 3. The molecule has 0 bridgehead atoms. The molecule has 1 aromatic carbocycles. The summed E-state index contributed by atoms with van der Waals surface area (Å²) in [5.74, 6) is 6.17. The smallest absolute Gasteiger partial charge is 0.128 e. The van der Waals surface area contributed by atoms with E-state index in [0.29, 0.717) is 5.82 Å². The minimum absolute atomic E-state index is 0.0280. The topological polar surface area (TPSA) is 77.0 Å². The molecule has 2 aromatic rings. The van der Waals surface area contributed by atoms with Crippen molar-refractivity contribution in [1.82, 2.24) is 10.4 Å². The largest absolute Gasteiger partial charge is 0.383 e. The van der Waals surface area contributed by atoms with Gasteiger partial charge in [-0.25, -0.2) is 4.98 Å². The van der Waals surface area contributed by atoms with Gasteiger partial charge in [-0.15, -0.1) is 0 Å². The van der Waals surface area contributed by atoms with E-state index >= 15 is 0 Å². The lowest BCUT2D eigenvalue weighted by Gasteiger charge is -2.18. The van der Waals surface area contributed by atoms with Crippen LogP contribution in [0.15, 0.2) is 42.6 Å². The minimum Gasteiger partial charge on any atom is -0.383 e. The highest BCUT2D eigenvalue weighted by Gasteiger charge is 2.14. The SMILES string of the molecule is Cc1cnc(N)c(C(Cc2ccccc2)NN)c1. The Hall–Kier alpha value is -1.91. The maximum atomic E-state index is 5.91. The van der Waals surface area contributed by atoms with Crippen LogP contribution in [0.4, 0.5) is 5.82 Å². The van der Waals surface area contributed by atoms with Crippen molar-refractivity contribution < 1.29 is 0 Å². The third-order valence-corrected chi connectivity index (χ3v) is 2.95. The molecule has 0 aliphatic heterocycles. The first-order valence-electron chi connectivity index (χ1n) is 5.93. The standard InChI is InChI=1S/C14H18N4/c1-10-7-12(14(15)17-9-10)13(18-16)8-11-5-3-2-4-6-11/h2-7,9,13,18H,8,16H2,1H3,(H2,15,17). The summed E-state index contributed by atoms with van der Waals surface area (Å²) in [5, 5.41) is 0. The van der Waals surface area contributed by atoms with Gasteiger partial charge in [0.05, 0.1) is 6.04 Å². The number of aryl methyl sites for hydroxylation is 1. The zero-order valence-corrected chi connectivity index (χ0v) is 10.4. The van der Waals surface area contributed by atoms with Crippen LogP contribution in [0.1, 0.15) is 22.7 Å². The fraction of sp³-hybridized carbons (Fsp3) is 0.214. The van der Waals surface area contributed by atoms with E-state index in [1.807, 2.05) is 31.2 Å². The molecule has 0 saturated heterocycles. The van der Waals surface area contributed by atoms with Crippen LogP contribution in [0.3, 0.4) is 0 Å². The summed E-state index contributed by atoms with van der Waals surface area (Å²) in [6, 6.07) is 12.2. The minimum atomic E-state index is -0.0280. The van der Waals surface area contributed by atoms with E-state index in [-0.39, 0.29) is 6.04 Å².